The summed E-state index contributed by atoms with van der Waals surface area (Å²) < 4.78 is 0. The molecule has 0 saturated carbocycles. The molecule has 1 atom stereocenters. The molecule has 0 amide bonds. The Hall–Kier alpha value is -0.560. The molecule has 14 heavy (non-hydrogen) atoms. The van der Waals surface area contributed by atoms with Crippen LogP contribution >= 0.6 is 0 Å². The number of allylic oxidation sites excluding steroid dienone is 3. The highest BCUT2D eigenvalue weighted by Crippen LogP contribution is 2.40. The van der Waals surface area contributed by atoms with Crippen molar-refractivity contribution in [2.75, 3.05) is 0 Å². The van der Waals surface area contributed by atoms with Gasteiger partial charge in [0.05, 0.1) is 6.10 Å². The van der Waals surface area contributed by atoms with Gasteiger partial charge in [-0.1, -0.05) is 31.6 Å². The van der Waals surface area contributed by atoms with E-state index < -0.39 is 0 Å². The lowest BCUT2D eigenvalue weighted by atomic mass is 9.73. The molecule has 1 nitrogen and oxygen atoms in total. The molecule has 0 aromatic carbocycles. The molecule has 1 unspecified atom stereocenters. The van der Waals surface area contributed by atoms with E-state index in [0.717, 1.165) is 6.42 Å². The molecule has 1 N–H and O–H groups in total. The van der Waals surface area contributed by atoms with E-state index in [9.17, 15) is 5.11 Å². The van der Waals surface area contributed by atoms with Gasteiger partial charge in [0.15, 0.2) is 0 Å². The van der Waals surface area contributed by atoms with Crippen molar-refractivity contribution in [3.63, 3.8) is 0 Å². The predicted molar refractivity (Wildman–Crippen MR) is 61.2 cm³/mol. The molecule has 0 radical (unpaired) electrons. The van der Waals surface area contributed by atoms with Gasteiger partial charge in [-0.25, -0.2) is 0 Å². The van der Waals surface area contributed by atoms with Gasteiger partial charge >= 0.3 is 0 Å². The minimum absolute atomic E-state index is 0.229. The lowest BCUT2D eigenvalue weighted by Crippen LogP contribution is -2.19. The summed E-state index contributed by atoms with van der Waals surface area (Å²) in [5.41, 5.74) is 3.10. The lowest BCUT2D eigenvalue weighted by molar-refractivity contribution is 0.197. The summed E-state index contributed by atoms with van der Waals surface area (Å²) in [5.74, 6) is 0. The van der Waals surface area contributed by atoms with Crippen LogP contribution in [0, 0.1) is 5.41 Å². The van der Waals surface area contributed by atoms with E-state index in [1.807, 2.05) is 6.92 Å². The molecule has 0 aliphatic heterocycles. The average molecular weight is 194 g/mol. The predicted octanol–water partition coefficient (Wildman–Crippen LogP) is 3.45. The maximum absolute atomic E-state index is 9.28. The largest absolute Gasteiger partial charge is 0.393 e. The van der Waals surface area contributed by atoms with Gasteiger partial charge in [0.2, 0.25) is 0 Å². The Morgan fingerprint density at radius 1 is 1.57 bits per heavy atom. The fraction of sp³-hybridized carbons (Fsp3) is 0.692. The van der Waals surface area contributed by atoms with Crippen molar-refractivity contribution in [1.29, 1.82) is 0 Å². The zero-order valence-electron chi connectivity index (χ0n) is 9.80. The van der Waals surface area contributed by atoms with Gasteiger partial charge in [0.1, 0.15) is 0 Å². The van der Waals surface area contributed by atoms with E-state index in [0.29, 0.717) is 0 Å². The first-order chi connectivity index (χ1) is 6.43. The van der Waals surface area contributed by atoms with E-state index in [1.165, 1.54) is 24.0 Å². The van der Waals surface area contributed by atoms with Gasteiger partial charge in [0.25, 0.3) is 0 Å². The standard InChI is InChI=1S/C13H22O/c1-10-6-5-9-13(3,4)12(10)8-7-11(2)14/h6,8,11,14H,5,7,9H2,1-4H3/b12-8+. The Bertz CT molecular complexity index is 256. The molecule has 80 valence electrons. The van der Waals surface area contributed by atoms with Crippen LogP contribution in [0.15, 0.2) is 23.3 Å². The normalized spacial score (nSPS) is 26.1. The Kier molecular flexibility index (Phi) is 3.54. The number of aliphatic hydroxyl groups is 1. The second-order valence-corrected chi connectivity index (χ2v) is 5.01. The van der Waals surface area contributed by atoms with Crippen molar-refractivity contribution in [1.82, 2.24) is 0 Å². The average Bonchev–Trinajstić information content (AvgIpc) is 2.01. The molecule has 1 rings (SSSR count). The Labute approximate surface area is 87.5 Å². The minimum atomic E-state index is -0.229. The van der Waals surface area contributed by atoms with E-state index in [1.54, 1.807) is 0 Å². The van der Waals surface area contributed by atoms with Crippen LogP contribution in [0.4, 0.5) is 0 Å². The lowest BCUT2D eigenvalue weighted by Gasteiger charge is -2.32. The Morgan fingerprint density at radius 2 is 2.21 bits per heavy atom. The summed E-state index contributed by atoms with van der Waals surface area (Å²) in [6, 6.07) is 0. The molecule has 1 aliphatic rings. The molecule has 0 aromatic rings. The zero-order chi connectivity index (χ0) is 10.8. The maximum atomic E-state index is 9.28. The van der Waals surface area contributed by atoms with Crippen molar-refractivity contribution in [3.8, 4) is 0 Å². The molecule has 1 heteroatoms. The number of rotatable bonds is 2. The quantitative estimate of drug-likeness (QED) is 0.714. The van der Waals surface area contributed by atoms with Gasteiger partial charge in [-0.3, -0.25) is 0 Å². The summed E-state index contributed by atoms with van der Waals surface area (Å²) in [6.07, 6.45) is 7.45. The third kappa shape index (κ3) is 2.71. The zero-order valence-corrected chi connectivity index (χ0v) is 9.80. The van der Waals surface area contributed by atoms with E-state index >= 15 is 0 Å². The molecule has 0 heterocycles. The summed E-state index contributed by atoms with van der Waals surface area (Å²) in [7, 11) is 0. The van der Waals surface area contributed by atoms with Crippen molar-refractivity contribution in [3.05, 3.63) is 23.3 Å². The number of aliphatic hydroxyl groups excluding tert-OH is 1. The van der Waals surface area contributed by atoms with Crippen LogP contribution in [-0.2, 0) is 0 Å². The fourth-order valence-electron chi connectivity index (χ4n) is 2.15. The fourth-order valence-corrected chi connectivity index (χ4v) is 2.15. The smallest absolute Gasteiger partial charge is 0.0546 e. The van der Waals surface area contributed by atoms with Crippen LogP contribution in [0.5, 0.6) is 0 Å². The number of hydrogen-bond donors (Lipinski definition) is 1. The van der Waals surface area contributed by atoms with Gasteiger partial charge in [-0.2, -0.15) is 0 Å². The second kappa shape index (κ2) is 4.31. The monoisotopic (exact) mass is 194 g/mol. The SMILES string of the molecule is CC1=CCCC(C)(C)/C1=C/CC(C)O. The third-order valence-corrected chi connectivity index (χ3v) is 3.04. The number of hydrogen-bond acceptors (Lipinski definition) is 1. The molecule has 1 aliphatic carbocycles. The third-order valence-electron chi connectivity index (χ3n) is 3.04. The first-order valence-corrected chi connectivity index (χ1v) is 5.49. The summed E-state index contributed by atoms with van der Waals surface area (Å²) >= 11 is 0. The first kappa shape index (κ1) is 11.5. The van der Waals surface area contributed by atoms with Crippen LogP contribution in [-0.4, -0.2) is 11.2 Å². The summed E-state index contributed by atoms with van der Waals surface area (Å²) in [4.78, 5) is 0. The van der Waals surface area contributed by atoms with Gasteiger partial charge in [-0.15, -0.1) is 0 Å². The van der Waals surface area contributed by atoms with Crippen LogP contribution in [0.2, 0.25) is 0 Å². The maximum Gasteiger partial charge on any atom is 0.0546 e. The van der Waals surface area contributed by atoms with Crippen LogP contribution in [0.3, 0.4) is 0 Å². The van der Waals surface area contributed by atoms with Crippen molar-refractivity contribution < 1.29 is 5.11 Å². The van der Waals surface area contributed by atoms with Crippen LogP contribution in [0.25, 0.3) is 0 Å². The van der Waals surface area contributed by atoms with Crippen molar-refractivity contribution in [2.24, 2.45) is 5.41 Å². The highest BCUT2D eigenvalue weighted by atomic mass is 16.3. The molecule has 0 spiro atoms. The van der Waals surface area contributed by atoms with Gasteiger partial charge in [-0.05, 0) is 44.1 Å². The Balaban J connectivity index is 2.85. The van der Waals surface area contributed by atoms with E-state index in [2.05, 4.69) is 32.9 Å². The van der Waals surface area contributed by atoms with Crippen LogP contribution < -0.4 is 0 Å². The minimum Gasteiger partial charge on any atom is -0.393 e. The first-order valence-electron chi connectivity index (χ1n) is 5.49. The molecule has 0 fully saturated rings. The highest BCUT2D eigenvalue weighted by Gasteiger charge is 2.26. The summed E-state index contributed by atoms with van der Waals surface area (Å²) in [5, 5.41) is 9.28. The highest BCUT2D eigenvalue weighted by molar-refractivity contribution is 5.36. The molecule has 0 saturated heterocycles. The van der Waals surface area contributed by atoms with Crippen molar-refractivity contribution >= 4 is 0 Å². The van der Waals surface area contributed by atoms with E-state index in [-0.39, 0.29) is 11.5 Å². The van der Waals surface area contributed by atoms with Gasteiger partial charge < -0.3 is 5.11 Å². The molecule has 0 aromatic heterocycles. The second-order valence-electron chi connectivity index (χ2n) is 5.01. The van der Waals surface area contributed by atoms with Crippen molar-refractivity contribution in [2.45, 2.75) is 53.1 Å². The molecular formula is C13H22O. The molecule has 0 bridgehead atoms. The van der Waals surface area contributed by atoms with Crippen LogP contribution in [0.1, 0.15) is 47.0 Å². The van der Waals surface area contributed by atoms with Gasteiger partial charge in [0, 0.05) is 0 Å². The summed E-state index contributed by atoms with van der Waals surface area (Å²) in [6.45, 7) is 8.59. The Morgan fingerprint density at radius 3 is 2.71 bits per heavy atom. The topological polar surface area (TPSA) is 20.2 Å². The van der Waals surface area contributed by atoms with E-state index in [4.69, 9.17) is 0 Å². The molecular weight excluding hydrogens is 172 g/mol.